The summed E-state index contributed by atoms with van der Waals surface area (Å²) in [6, 6.07) is 15.7. The van der Waals surface area contributed by atoms with Gasteiger partial charge in [-0.05, 0) is 17.9 Å². The van der Waals surface area contributed by atoms with Crippen LogP contribution in [0.25, 0.3) is 0 Å². The smallest absolute Gasteiger partial charge is 0.318 e. The molecule has 23 heavy (non-hydrogen) atoms. The molecule has 1 fully saturated rings. The Bertz CT molecular complexity index is 758. The van der Waals surface area contributed by atoms with Crippen LogP contribution in [0.15, 0.2) is 59.8 Å². The minimum absolute atomic E-state index is 0.0355. The van der Waals surface area contributed by atoms with Gasteiger partial charge >= 0.3 is 5.97 Å². The quantitative estimate of drug-likeness (QED) is 0.367. The summed E-state index contributed by atoms with van der Waals surface area (Å²) in [6.07, 6.45) is 2.06. The molecule has 2 aromatic carbocycles. The van der Waals surface area contributed by atoms with Crippen LogP contribution < -0.4 is 0 Å². The molecule has 0 spiro atoms. The first-order valence-corrected chi connectivity index (χ1v) is 7.19. The molecule has 2 aromatic rings. The predicted molar refractivity (Wildman–Crippen MR) is 84.1 cm³/mol. The van der Waals surface area contributed by atoms with Crippen molar-refractivity contribution in [3.63, 3.8) is 0 Å². The summed E-state index contributed by atoms with van der Waals surface area (Å²) in [4.78, 5) is 27.0. The number of carbonyl (C=O) groups is 1. The molecule has 6 nitrogen and oxygen atoms in total. The largest absolute Gasteiger partial charge is 0.338 e. The highest BCUT2D eigenvalue weighted by Crippen LogP contribution is 2.48. The Balaban J connectivity index is 1.56. The maximum Gasteiger partial charge on any atom is 0.338 e. The maximum absolute atomic E-state index is 11.9. The van der Waals surface area contributed by atoms with Crippen LogP contribution in [0.3, 0.4) is 0 Å². The van der Waals surface area contributed by atoms with E-state index in [0.717, 1.165) is 12.0 Å². The molecular formula is C17H14N2O4. The molecule has 6 heteroatoms. The number of carbonyl (C=O) groups excluding carboxylic acids is 1. The summed E-state index contributed by atoms with van der Waals surface area (Å²) in [5, 5.41) is 14.3. The van der Waals surface area contributed by atoms with Crippen molar-refractivity contribution in [3.05, 3.63) is 75.8 Å². The lowest BCUT2D eigenvalue weighted by atomic mass is 10.1. The lowest BCUT2D eigenvalue weighted by molar-refractivity contribution is -0.384. The van der Waals surface area contributed by atoms with Crippen LogP contribution in [-0.2, 0) is 9.63 Å². The molecule has 1 aliphatic carbocycles. The monoisotopic (exact) mass is 310 g/mol. The number of rotatable bonds is 5. The van der Waals surface area contributed by atoms with Gasteiger partial charge < -0.3 is 4.84 Å². The third-order valence-electron chi connectivity index (χ3n) is 3.75. The van der Waals surface area contributed by atoms with Crippen molar-refractivity contribution >= 4 is 17.9 Å². The van der Waals surface area contributed by atoms with Gasteiger partial charge in [0.15, 0.2) is 0 Å². The van der Waals surface area contributed by atoms with Crippen LogP contribution in [0.2, 0.25) is 0 Å². The van der Waals surface area contributed by atoms with Crippen molar-refractivity contribution in [3.8, 4) is 0 Å². The number of oxime groups is 1. The third kappa shape index (κ3) is 3.60. The lowest BCUT2D eigenvalue weighted by Crippen LogP contribution is -2.04. The number of benzene rings is 2. The molecule has 0 aromatic heterocycles. The van der Waals surface area contributed by atoms with Gasteiger partial charge in [-0.2, -0.15) is 0 Å². The zero-order valence-corrected chi connectivity index (χ0v) is 12.2. The average molecular weight is 310 g/mol. The fourth-order valence-electron chi connectivity index (χ4n) is 2.45. The van der Waals surface area contributed by atoms with E-state index in [2.05, 4.69) is 5.16 Å². The summed E-state index contributed by atoms with van der Waals surface area (Å²) in [5.41, 5.74) is 1.59. The number of nitrogens with zero attached hydrogens (tertiary/aromatic N) is 2. The van der Waals surface area contributed by atoms with Crippen molar-refractivity contribution in [2.75, 3.05) is 0 Å². The van der Waals surface area contributed by atoms with Crippen molar-refractivity contribution in [2.24, 2.45) is 11.1 Å². The van der Waals surface area contributed by atoms with Gasteiger partial charge in [0, 0.05) is 17.7 Å². The Morgan fingerprint density at radius 2 is 2.00 bits per heavy atom. The van der Waals surface area contributed by atoms with Gasteiger partial charge in [0.25, 0.3) is 5.69 Å². The average Bonchev–Trinajstić information content (AvgIpc) is 3.36. The van der Waals surface area contributed by atoms with Crippen molar-refractivity contribution in [1.82, 2.24) is 0 Å². The first-order chi connectivity index (χ1) is 11.1. The zero-order chi connectivity index (χ0) is 16.2. The number of nitro benzene ring substituents is 1. The van der Waals surface area contributed by atoms with Crippen LogP contribution in [0.1, 0.15) is 23.5 Å². The molecule has 116 valence electrons. The van der Waals surface area contributed by atoms with Gasteiger partial charge in [0.2, 0.25) is 0 Å². The van der Waals surface area contributed by atoms with E-state index in [1.807, 2.05) is 30.3 Å². The molecule has 0 radical (unpaired) electrons. The molecule has 1 aliphatic rings. The highest BCUT2D eigenvalue weighted by Gasteiger charge is 2.45. The second-order valence-corrected chi connectivity index (χ2v) is 5.36. The second kappa shape index (κ2) is 6.39. The normalized spacial score (nSPS) is 19.5. The molecule has 0 aliphatic heterocycles. The van der Waals surface area contributed by atoms with E-state index in [-0.39, 0.29) is 23.5 Å². The SMILES string of the molecule is O=C(O/N=C\c1cccc([N+](=O)[O-])c1)C1CC1c1ccccc1. The summed E-state index contributed by atoms with van der Waals surface area (Å²) in [5.74, 6) is -0.350. The molecule has 0 amide bonds. The number of non-ortho nitro benzene ring substituents is 1. The molecule has 3 rings (SSSR count). The molecule has 2 atom stereocenters. The highest BCUT2D eigenvalue weighted by molar-refractivity contribution is 5.82. The van der Waals surface area contributed by atoms with Gasteiger partial charge in [0.1, 0.15) is 0 Å². The number of hydrogen-bond donors (Lipinski definition) is 0. The topological polar surface area (TPSA) is 81.8 Å². The highest BCUT2D eigenvalue weighted by atomic mass is 16.7. The van der Waals surface area contributed by atoms with Crippen LogP contribution in [0.5, 0.6) is 0 Å². The Morgan fingerprint density at radius 1 is 1.22 bits per heavy atom. The van der Waals surface area contributed by atoms with E-state index in [4.69, 9.17) is 4.84 Å². The Hall–Kier alpha value is -3.02. The fourth-order valence-corrected chi connectivity index (χ4v) is 2.45. The Kier molecular flexibility index (Phi) is 4.14. The standard InChI is InChI=1S/C17H14N2O4/c20-17(16-10-15(16)13-6-2-1-3-7-13)23-18-11-12-5-4-8-14(9-12)19(21)22/h1-9,11,15-16H,10H2/b18-11-. The molecule has 0 N–H and O–H groups in total. The van der Waals surface area contributed by atoms with Crippen molar-refractivity contribution < 1.29 is 14.6 Å². The summed E-state index contributed by atoms with van der Waals surface area (Å²) in [6.45, 7) is 0. The van der Waals surface area contributed by atoms with E-state index in [1.54, 1.807) is 12.1 Å². The fraction of sp³-hybridized carbons (Fsp3) is 0.176. The minimum atomic E-state index is -0.488. The van der Waals surface area contributed by atoms with E-state index >= 15 is 0 Å². The number of hydrogen-bond acceptors (Lipinski definition) is 5. The molecule has 2 unspecified atom stereocenters. The first kappa shape index (κ1) is 14.9. The van der Waals surface area contributed by atoms with Crippen LogP contribution in [0.4, 0.5) is 5.69 Å². The molecule has 1 saturated carbocycles. The van der Waals surface area contributed by atoms with Crippen molar-refractivity contribution in [1.29, 1.82) is 0 Å². The third-order valence-corrected chi connectivity index (χ3v) is 3.75. The van der Waals surface area contributed by atoms with Gasteiger partial charge in [0.05, 0.1) is 17.1 Å². The maximum atomic E-state index is 11.9. The van der Waals surface area contributed by atoms with Crippen molar-refractivity contribution in [2.45, 2.75) is 12.3 Å². The van der Waals surface area contributed by atoms with E-state index in [1.165, 1.54) is 18.3 Å². The van der Waals surface area contributed by atoms with E-state index < -0.39 is 4.92 Å². The van der Waals surface area contributed by atoms with E-state index in [9.17, 15) is 14.9 Å². The molecular weight excluding hydrogens is 296 g/mol. The van der Waals surface area contributed by atoms with Gasteiger partial charge in [-0.3, -0.25) is 10.1 Å². The molecule has 0 bridgehead atoms. The Labute approximate surface area is 132 Å². The summed E-state index contributed by atoms with van der Waals surface area (Å²) in [7, 11) is 0. The van der Waals surface area contributed by atoms with Crippen LogP contribution in [-0.4, -0.2) is 17.1 Å². The van der Waals surface area contributed by atoms with Crippen LogP contribution >= 0.6 is 0 Å². The van der Waals surface area contributed by atoms with E-state index in [0.29, 0.717) is 5.56 Å². The second-order valence-electron chi connectivity index (χ2n) is 5.36. The molecule has 0 heterocycles. The van der Waals surface area contributed by atoms with Crippen LogP contribution in [0, 0.1) is 16.0 Å². The number of nitro groups is 1. The lowest BCUT2D eigenvalue weighted by Gasteiger charge is -1.98. The predicted octanol–water partition coefficient (Wildman–Crippen LogP) is 3.28. The van der Waals surface area contributed by atoms with Gasteiger partial charge in [-0.25, -0.2) is 4.79 Å². The van der Waals surface area contributed by atoms with Gasteiger partial charge in [-0.1, -0.05) is 47.6 Å². The minimum Gasteiger partial charge on any atom is -0.318 e. The molecule has 0 saturated heterocycles. The summed E-state index contributed by atoms with van der Waals surface area (Å²) < 4.78 is 0. The summed E-state index contributed by atoms with van der Waals surface area (Å²) >= 11 is 0. The zero-order valence-electron chi connectivity index (χ0n) is 12.2. The first-order valence-electron chi connectivity index (χ1n) is 7.19. The van der Waals surface area contributed by atoms with Gasteiger partial charge in [-0.15, -0.1) is 0 Å². The Morgan fingerprint density at radius 3 is 2.74 bits per heavy atom.